The Morgan fingerprint density at radius 1 is 1.33 bits per heavy atom. The summed E-state index contributed by atoms with van der Waals surface area (Å²) in [6.45, 7) is 8.24. The molecule has 3 heteroatoms. The summed E-state index contributed by atoms with van der Waals surface area (Å²) < 4.78 is 0. The third-order valence-electron chi connectivity index (χ3n) is 3.87. The fourth-order valence-corrected chi connectivity index (χ4v) is 2.56. The molecule has 18 heavy (non-hydrogen) atoms. The summed E-state index contributed by atoms with van der Waals surface area (Å²) in [5.74, 6) is 0.870. The molecule has 1 aromatic rings. The van der Waals surface area contributed by atoms with Crippen molar-refractivity contribution in [3.05, 3.63) is 24.0 Å². The van der Waals surface area contributed by atoms with Crippen LogP contribution < -0.4 is 4.90 Å². The minimum atomic E-state index is -0.212. The molecule has 1 aliphatic rings. The summed E-state index contributed by atoms with van der Waals surface area (Å²) in [6, 6.07) is 4.28. The van der Waals surface area contributed by atoms with Crippen molar-refractivity contribution < 1.29 is 5.11 Å². The molecule has 2 atom stereocenters. The molecule has 1 saturated heterocycles. The lowest BCUT2D eigenvalue weighted by Gasteiger charge is -2.35. The third kappa shape index (κ3) is 3.02. The molecule has 1 N–H and O–H groups in total. The fourth-order valence-electron chi connectivity index (χ4n) is 2.56. The minimum Gasteiger partial charge on any atom is -0.393 e. The van der Waals surface area contributed by atoms with E-state index in [1.54, 1.807) is 0 Å². The Morgan fingerprint density at radius 2 is 2.11 bits per heavy atom. The lowest BCUT2D eigenvalue weighted by Crippen LogP contribution is -2.39. The van der Waals surface area contributed by atoms with Gasteiger partial charge in [-0.3, -0.25) is 4.98 Å². The molecule has 2 heterocycles. The third-order valence-corrected chi connectivity index (χ3v) is 3.87. The fraction of sp³-hybridized carbons (Fsp3) is 0.667. The van der Waals surface area contributed by atoms with Gasteiger partial charge in [0.05, 0.1) is 18.0 Å². The summed E-state index contributed by atoms with van der Waals surface area (Å²) >= 11 is 0. The Bertz CT molecular complexity index is 373. The van der Waals surface area contributed by atoms with Gasteiger partial charge in [-0.05, 0) is 37.8 Å². The Balaban J connectivity index is 2.06. The van der Waals surface area contributed by atoms with Crippen LogP contribution >= 0.6 is 0 Å². The Labute approximate surface area is 110 Å². The van der Waals surface area contributed by atoms with E-state index in [4.69, 9.17) is 0 Å². The van der Waals surface area contributed by atoms with Gasteiger partial charge in [-0.2, -0.15) is 0 Å². The van der Waals surface area contributed by atoms with Gasteiger partial charge in [0.15, 0.2) is 0 Å². The molecule has 0 spiro atoms. The van der Waals surface area contributed by atoms with Crippen LogP contribution in [0.5, 0.6) is 0 Å². The number of nitrogens with zero attached hydrogens (tertiary/aromatic N) is 2. The van der Waals surface area contributed by atoms with Gasteiger partial charge in [0, 0.05) is 24.7 Å². The summed E-state index contributed by atoms with van der Waals surface area (Å²) in [5, 5.41) is 9.72. The average molecular weight is 248 g/mol. The van der Waals surface area contributed by atoms with Gasteiger partial charge >= 0.3 is 0 Å². The molecule has 0 bridgehead atoms. The van der Waals surface area contributed by atoms with Crippen LogP contribution in [0, 0.1) is 5.92 Å². The van der Waals surface area contributed by atoms with E-state index >= 15 is 0 Å². The number of aromatic nitrogens is 1. The monoisotopic (exact) mass is 248 g/mol. The van der Waals surface area contributed by atoms with Crippen molar-refractivity contribution in [1.82, 2.24) is 4.98 Å². The first-order valence-electron chi connectivity index (χ1n) is 6.97. The second kappa shape index (κ2) is 5.70. The maximum absolute atomic E-state index is 9.72. The molecule has 100 valence electrons. The molecule has 3 nitrogen and oxygen atoms in total. The first kappa shape index (κ1) is 13.3. The predicted octanol–water partition coefficient (Wildman–Crippen LogP) is 2.80. The van der Waals surface area contributed by atoms with E-state index in [0.29, 0.717) is 11.8 Å². The molecule has 1 fully saturated rings. The van der Waals surface area contributed by atoms with E-state index in [9.17, 15) is 5.11 Å². The summed E-state index contributed by atoms with van der Waals surface area (Å²) in [4.78, 5) is 6.86. The minimum absolute atomic E-state index is 0.212. The van der Waals surface area contributed by atoms with E-state index < -0.39 is 0 Å². The second-order valence-corrected chi connectivity index (χ2v) is 5.68. The van der Waals surface area contributed by atoms with Gasteiger partial charge in [-0.15, -0.1) is 0 Å². The van der Waals surface area contributed by atoms with Gasteiger partial charge < -0.3 is 10.0 Å². The zero-order valence-corrected chi connectivity index (χ0v) is 11.6. The molecule has 2 rings (SSSR count). The molecule has 0 radical (unpaired) electrons. The number of rotatable bonds is 3. The van der Waals surface area contributed by atoms with Crippen molar-refractivity contribution >= 4 is 5.69 Å². The average Bonchev–Trinajstić information content (AvgIpc) is 2.39. The maximum atomic E-state index is 9.72. The number of anilines is 1. The first-order chi connectivity index (χ1) is 8.58. The summed E-state index contributed by atoms with van der Waals surface area (Å²) in [5.41, 5.74) is 2.33. The number of piperidine rings is 1. The number of hydrogen-bond acceptors (Lipinski definition) is 3. The van der Waals surface area contributed by atoms with Gasteiger partial charge in [-0.25, -0.2) is 0 Å². The highest BCUT2D eigenvalue weighted by Gasteiger charge is 2.23. The Kier molecular flexibility index (Phi) is 4.23. The van der Waals surface area contributed by atoms with Gasteiger partial charge in [0.2, 0.25) is 0 Å². The van der Waals surface area contributed by atoms with Crippen LogP contribution in [-0.4, -0.2) is 29.3 Å². The summed E-state index contributed by atoms with van der Waals surface area (Å²) in [7, 11) is 0. The lowest BCUT2D eigenvalue weighted by molar-refractivity contribution is 0.115. The predicted molar refractivity (Wildman–Crippen MR) is 74.9 cm³/mol. The van der Waals surface area contributed by atoms with E-state index in [-0.39, 0.29) is 6.10 Å². The van der Waals surface area contributed by atoms with Crippen LogP contribution in [0.1, 0.15) is 45.2 Å². The van der Waals surface area contributed by atoms with Crippen molar-refractivity contribution in [1.29, 1.82) is 0 Å². The van der Waals surface area contributed by atoms with Crippen molar-refractivity contribution in [2.75, 3.05) is 18.0 Å². The van der Waals surface area contributed by atoms with E-state index in [1.165, 1.54) is 5.69 Å². The zero-order chi connectivity index (χ0) is 13.1. The van der Waals surface area contributed by atoms with Crippen molar-refractivity contribution in [2.24, 2.45) is 5.92 Å². The van der Waals surface area contributed by atoms with Crippen molar-refractivity contribution in [2.45, 2.75) is 45.6 Å². The number of hydrogen-bond donors (Lipinski definition) is 1. The SMILES string of the molecule is CC(C)c1ccc(N2CCC[C@@H]([C@@H](C)O)C2)cn1. The van der Waals surface area contributed by atoms with E-state index in [1.807, 2.05) is 13.1 Å². The molecule has 1 aromatic heterocycles. The quantitative estimate of drug-likeness (QED) is 0.893. The van der Waals surface area contributed by atoms with Crippen LogP contribution in [0.2, 0.25) is 0 Å². The number of aliphatic hydroxyl groups excluding tert-OH is 1. The molecular weight excluding hydrogens is 224 g/mol. The molecule has 0 saturated carbocycles. The van der Waals surface area contributed by atoms with Gasteiger partial charge in [-0.1, -0.05) is 13.8 Å². The molecule has 0 unspecified atom stereocenters. The number of aliphatic hydroxyl groups is 1. The standard InChI is InChI=1S/C15H24N2O/c1-11(2)15-7-6-14(9-16-15)17-8-4-5-13(10-17)12(3)18/h6-7,9,11-13,18H,4-5,8,10H2,1-3H3/t12-,13-/m1/s1. The van der Waals surface area contributed by atoms with Gasteiger partial charge in [0.1, 0.15) is 0 Å². The van der Waals surface area contributed by atoms with E-state index in [2.05, 4.69) is 35.9 Å². The highest BCUT2D eigenvalue weighted by Crippen LogP contribution is 2.25. The number of pyridine rings is 1. The van der Waals surface area contributed by atoms with E-state index in [0.717, 1.165) is 31.6 Å². The molecule has 1 aliphatic heterocycles. The molecular formula is C15H24N2O. The Morgan fingerprint density at radius 3 is 2.67 bits per heavy atom. The normalized spacial score (nSPS) is 22.3. The molecule has 0 aliphatic carbocycles. The van der Waals surface area contributed by atoms with Crippen LogP contribution in [-0.2, 0) is 0 Å². The Hall–Kier alpha value is -1.09. The molecule has 0 amide bonds. The van der Waals surface area contributed by atoms with Crippen LogP contribution in [0.3, 0.4) is 0 Å². The first-order valence-corrected chi connectivity index (χ1v) is 6.97. The highest BCUT2D eigenvalue weighted by atomic mass is 16.3. The largest absolute Gasteiger partial charge is 0.393 e. The second-order valence-electron chi connectivity index (χ2n) is 5.68. The molecule has 0 aromatic carbocycles. The van der Waals surface area contributed by atoms with Crippen LogP contribution in [0.25, 0.3) is 0 Å². The van der Waals surface area contributed by atoms with Crippen molar-refractivity contribution in [3.8, 4) is 0 Å². The van der Waals surface area contributed by atoms with Crippen LogP contribution in [0.4, 0.5) is 5.69 Å². The maximum Gasteiger partial charge on any atom is 0.0557 e. The van der Waals surface area contributed by atoms with Crippen molar-refractivity contribution in [3.63, 3.8) is 0 Å². The van der Waals surface area contributed by atoms with Crippen LogP contribution in [0.15, 0.2) is 18.3 Å². The van der Waals surface area contributed by atoms with Gasteiger partial charge in [0.25, 0.3) is 0 Å². The zero-order valence-electron chi connectivity index (χ0n) is 11.6. The highest BCUT2D eigenvalue weighted by molar-refractivity contribution is 5.45. The summed E-state index contributed by atoms with van der Waals surface area (Å²) in [6.07, 6.45) is 4.04. The smallest absolute Gasteiger partial charge is 0.0557 e. The topological polar surface area (TPSA) is 36.4 Å². The lowest BCUT2D eigenvalue weighted by atomic mass is 9.93.